The first-order valence-corrected chi connectivity index (χ1v) is 8.40. The van der Waals surface area contributed by atoms with E-state index in [0.717, 1.165) is 36.8 Å². The van der Waals surface area contributed by atoms with E-state index in [1.165, 1.54) is 0 Å². The second kappa shape index (κ2) is 7.72. The molecule has 23 heavy (non-hydrogen) atoms. The summed E-state index contributed by atoms with van der Waals surface area (Å²) in [7, 11) is 0. The summed E-state index contributed by atoms with van der Waals surface area (Å²) in [6.07, 6.45) is 4.94. The molecule has 1 aliphatic rings. The van der Waals surface area contributed by atoms with Crippen molar-refractivity contribution in [3.8, 4) is 11.5 Å². The van der Waals surface area contributed by atoms with Gasteiger partial charge < -0.3 is 10.2 Å². The van der Waals surface area contributed by atoms with Crippen molar-refractivity contribution in [2.75, 3.05) is 0 Å². The quantitative estimate of drug-likeness (QED) is 0.510. The summed E-state index contributed by atoms with van der Waals surface area (Å²) in [5, 5.41) is 21.3. The van der Waals surface area contributed by atoms with E-state index < -0.39 is 19.2 Å². The number of aromatic hydroxyl groups is 2. The van der Waals surface area contributed by atoms with E-state index in [1.54, 1.807) is 18.2 Å². The van der Waals surface area contributed by atoms with Gasteiger partial charge >= 0.3 is 0 Å². The lowest BCUT2D eigenvalue weighted by molar-refractivity contribution is 0.406. The molecule has 126 valence electrons. The van der Waals surface area contributed by atoms with Crippen molar-refractivity contribution in [3.05, 3.63) is 47.1 Å². The molecule has 0 amide bonds. The molecular weight excluding hydrogens is 284 g/mol. The molecule has 3 atom stereocenters. The molecule has 2 N–H and O–H groups in total. The summed E-state index contributed by atoms with van der Waals surface area (Å²) in [6, 6.07) is 3.33. The third-order valence-corrected chi connectivity index (χ3v) is 4.62. The Labute approximate surface area is 146 Å². The standard InChI is InChI=1S/C21H30O2/c1-5-6-7-8-16-12-19(22)21(20(23)13-16)18-11-15(4)9-10-17(18)14(2)3/h11-13,17-18,22-23H,2,5-10H2,1,3-4H3/t17-,18+/m0/s1/i4D3,9D/t9?,17-,18+. The molecule has 1 aromatic rings. The zero-order valence-electron chi connectivity index (χ0n) is 18.1. The van der Waals surface area contributed by atoms with Gasteiger partial charge in [-0.3, -0.25) is 0 Å². The van der Waals surface area contributed by atoms with Gasteiger partial charge in [0.2, 0.25) is 0 Å². The van der Waals surface area contributed by atoms with Crippen LogP contribution in [0.1, 0.15) is 75.3 Å². The van der Waals surface area contributed by atoms with E-state index >= 15 is 0 Å². The molecule has 2 nitrogen and oxygen atoms in total. The Morgan fingerprint density at radius 2 is 2.04 bits per heavy atom. The first kappa shape index (κ1) is 12.7. The highest BCUT2D eigenvalue weighted by Gasteiger charge is 2.29. The topological polar surface area (TPSA) is 40.5 Å². The number of benzene rings is 1. The normalized spacial score (nSPS) is 27.4. The molecule has 0 aromatic heterocycles. The maximum absolute atomic E-state index is 10.6. The highest BCUT2D eigenvalue weighted by atomic mass is 16.3. The minimum absolute atomic E-state index is 0.0256. The highest BCUT2D eigenvalue weighted by molar-refractivity contribution is 5.51. The number of unbranched alkanes of at least 4 members (excludes halogenated alkanes) is 2. The Morgan fingerprint density at radius 3 is 2.61 bits per heavy atom. The van der Waals surface area contributed by atoms with Crippen molar-refractivity contribution >= 4 is 0 Å². The molecular formula is C21H30O2. The summed E-state index contributed by atoms with van der Waals surface area (Å²) >= 11 is 0. The van der Waals surface area contributed by atoms with Crippen LogP contribution in [-0.4, -0.2) is 10.2 Å². The number of allylic oxidation sites excluding steroid dienone is 3. The minimum Gasteiger partial charge on any atom is -0.507 e. The van der Waals surface area contributed by atoms with E-state index in [0.29, 0.717) is 12.0 Å². The van der Waals surface area contributed by atoms with Gasteiger partial charge in [-0.15, -0.1) is 0 Å². The van der Waals surface area contributed by atoms with Gasteiger partial charge in [-0.2, -0.15) is 0 Å². The van der Waals surface area contributed by atoms with Gasteiger partial charge in [0.25, 0.3) is 0 Å². The van der Waals surface area contributed by atoms with Crippen LogP contribution in [0.25, 0.3) is 0 Å². The van der Waals surface area contributed by atoms with Gasteiger partial charge in [0.1, 0.15) is 11.5 Å². The van der Waals surface area contributed by atoms with Crippen molar-refractivity contribution in [2.24, 2.45) is 5.92 Å². The average Bonchev–Trinajstić information content (AvgIpc) is 2.54. The molecule has 0 saturated carbocycles. The van der Waals surface area contributed by atoms with Crippen molar-refractivity contribution in [3.63, 3.8) is 0 Å². The van der Waals surface area contributed by atoms with Gasteiger partial charge in [0, 0.05) is 17.0 Å². The summed E-state index contributed by atoms with van der Waals surface area (Å²) in [4.78, 5) is 0. The number of rotatable bonds is 6. The predicted octanol–water partition coefficient (Wildman–Crippen LogP) is 5.85. The van der Waals surface area contributed by atoms with Crippen LogP contribution in [0, 0.1) is 5.92 Å². The maximum Gasteiger partial charge on any atom is 0.123 e. The first-order chi connectivity index (χ1) is 12.6. The molecule has 0 radical (unpaired) electrons. The fourth-order valence-corrected chi connectivity index (χ4v) is 3.31. The Bertz CT molecular complexity index is 698. The minimum atomic E-state index is -2.37. The van der Waals surface area contributed by atoms with Crippen LogP contribution >= 0.6 is 0 Å². The Balaban J connectivity index is 2.48. The van der Waals surface area contributed by atoms with Crippen LogP contribution in [0.2, 0.25) is 0 Å². The van der Waals surface area contributed by atoms with Crippen LogP contribution in [0.3, 0.4) is 0 Å². The maximum atomic E-state index is 10.6. The monoisotopic (exact) mass is 318 g/mol. The van der Waals surface area contributed by atoms with Crippen LogP contribution in [0.4, 0.5) is 0 Å². The average molecular weight is 318 g/mol. The SMILES string of the molecule is [2H]C1C[C@@H](C(=C)C)[C@H](c2c(O)cc(CCCCC)cc2O)C=C1C([2H])([2H])[2H]. The fraction of sp³-hybridized carbons (Fsp3) is 0.524. The molecule has 2 rings (SSSR count). The molecule has 0 heterocycles. The third kappa shape index (κ3) is 4.19. The molecule has 1 aromatic carbocycles. The van der Waals surface area contributed by atoms with Crippen molar-refractivity contribution < 1.29 is 15.7 Å². The summed E-state index contributed by atoms with van der Waals surface area (Å²) in [5.74, 6) is -0.768. The molecule has 2 heteroatoms. The number of aryl methyl sites for hydroxylation is 1. The van der Waals surface area contributed by atoms with Crippen LogP contribution in [-0.2, 0) is 6.42 Å². The van der Waals surface area contributed by atoms with Crippen molar-refractivity contribution in [1.82, 2.24) is 0 Å². The second-order valence-electron chi connectivity index (χ2n) is 6.55. The summed E-state index contributed by atoms with van der Waals surface area (Å²) < 4.78 is 31.3. The molecule has 0 spiro atoms. The Morgan fingerprint density at radius 1 is 1.35 bits per heavy atom. The molecule has 1 unspecified atom stereocenters. The van der Waals surface area contributed by atoms with Gasteiger partial charge in [-0.05, 0) is 63.0 Å². The lowest BCUT2D eigenvalue weighted by Gasteiger charge is -2.31. The van der Waals surface area contributed by atoms with Gasteiger partial charge in [0.05, 0.1) is 0 Å². The van der Waals surface area contributed by atoms with E-state index in [-0.39, 0.29) is 23.0 Å². The number of phenolic OH excluding ortho intramolecular Hbond substituents is 2. The van der Waals surface area contributed by atoms with Crippen molar-refractivity contribution in [1.29, 1.82) is 0 Å². The first-order valence-electron chi connectivity index (χ1n) is 10.5. The Kier molecular flexibility index (Phi) is 4.26. The van der Waals surface area contributed by atoms with E-state index in [1.807, 2.05) is 6.92 Å². The van der Waals surface area contributed by atoms with Crippen LogP contribution < -0.4 is 0 Å². The molecule has 0 fully saturated rings. The zero-order chi connectivity index (χ0) is 20.4. The molecule has 0 aliphatic heterocycles. The molecule has 0 bridgehead atoms. The van der Waals surface area contributed by atoms with Crippen LogP contribution in [0.5, 0.6) is 11.5 Å². The smallest absolute Gasteiger partial charge is 0.123 e. The number of hydrogen-bond donors (Lipinski definition) is 2. The largest absolute Gasteiger partial charge is 0.507 e. The fourth-order valence-electron chi connectivity index (χ4n) is 3.31. The highest BCUT2D eigenvalue weighted by Crippen LogP contribution is 2.46. The van der Waals surface area contributed by atoms with Crippen molar-refractivity contribution in [2.45, 2.75) is 65.1 Å². The molecule has 1 aliphatic carbocycles. The Hall–Kier alpha value is -1.70. The van der Waals surface area contributed by atoms with E-state index in [9.17, 15) is 10.2 Å². The molecule has 0 saturated heterocycles. The lowest BCUT2D eigenvalue weighted by Crippen LogP contribution is -2.17. The zero-order valence-corrected chi connectivity index (χ0v) is 14.1. The third-order valence-electron chi connectivity index (χ3n) is 4.62. The number of phenols is 2. The summed E-state index contributed by atoms with van der Waals surface area (Å²) in [5.41, 5.74) is 2.07. The summed E-state index contributed by atoms with van der Waals surface area (Å²) in [6.45, 7) is 5.58. The van der Waals surface area contributed by atoms with E-state index in [4.69, 9.17) is 5.48 Å². The second-order valence-corrected chi connectivity index (χ2v) is 6.55. The van der Waals surface area contributed by atoms with Gasteiger partial charge in [0.15, 0.2) is 0 Å². The lowest BCUT2D eigenvalue weighted by atomic mass is 9.73. The van der Waals surface area contributed by atoms with Crippen LogP contribution in [0.15, 0.2) is 35.9 Å². The van der Waals surface area contributed by atoms with Gasteiger partial charge in [-0.25, -0.2) is 0 Å². The van der Waals surface area contributed by atoms with E-state index in [2.05, 4.69) is 13.5 Å². The predicted molar refractivity (Wildman–Crippen MR) is 97.0 cm³/mol. The van der Waals surface area contributed by atoms with Gasteiger partial charge in [-0.1, -0.05) is 43.6 Å². The number of hydrogen-bond acceptors (Lipinski definition) is 2.